The number of hydrogen-bond acceptors (Lipinski definition) is 6. The lowest BCUT2D eigenvalue weighted by molar-refractivity contribution is -0.150. The number of hydrogen-bond donors (Lipinski definition) is 2. The maximum absolute atomic E-state index is 13.3. The first-order valence-electron chi connectivity index (χ1n) is 13.1. The standard InChI is InChI=1S/C30H31NO6/c32-15-18-5-7-19(8-6-18)16-36-28-14-22(24-17-35-26-4-2-1-3-23(26)29(24)33)13-27(37-28)30(34)31-25-12-20-9-10-21(25)11-20/h1-8,13,17,20-22,25,28,32H,9-12,14-16H2,(H,31,34)/t20?,21?,22-,25?,28+/m0/s1. The number of ether oxygens (including phenoxy) is 2. The van der Waals surface area contributed by atoms with Gasteiger partial charge in [0.15, 0.2) is 11.2 Å². The summed E-state index contributed by atoms with van der Waals surface area (Å²) in [6, 6.07) is 14.8. The lowest BCUT2D eigenvalue weighted by atomic mass is 9.92. The Labute approximate surface area is 215 Å². The molecular weight excluding hydrogens is 470 g/mol. The van der Waals surface area contributed by atoms with Crippen LogP contribution in [0.2, 0.25) is 0 Å². The van der Waals surface area contributed by atoms with Gasteiger partial charge in [0.2, 0.25) is 6.29 Å². The van der Waals surface area contributed by atoms with Gasteiger partial charge in [-0.15, -0.1) is 0 Å². The third-order valence-corrected chi connectivity index (χ3v) is 8.08. The van der Waals surface area contributed by atoms with E-state index in [1.807, 2.05) is 36.4 Å². The minimum absolute atomic E-state index is 0.0191. The fourth-order valence-electron chi connectivity index (χ4n) is 6.07. The Hall–Kier alpha value is -3.42. The number of aliphatic hydroxyl groups is 1. The van der Waals surface area contributed by atoms with Crippen LogP contribution in [-0.4, -0.2) is 23.3 Å². The molecule has 2 N–H and O–H groups in total. The number of aliphatic hydroxyl groups excluding tert-OH is 1. The van der Waals surface area contributed by atoms with E-state index in [1.165, 1.54) is 19.1 Å². The molecule has 1 amide bonds. The molecule has 1 aliphatic heterocycles. The van der Waals surface area contributed by atoms with E-state index in [4.69, 9.17) is 13.9 Å². The van der Waals surface area contributed by atoms with Crippen molar-refractivity contribution in [2.75, 3.05) is 0 Å². The summed E-state index contributed by atoms with van der Waals surface area (Å²) in [6.07, 6.45) is 7.52. The van der Waals surface area contributed by atoms with Gasteiger partial charge >= 0.3 is 0 Å². The second kappa shape index (κ2) is 10.1. The molecule has 5 atom stereocenters. The van der Waals surface area contributed by atoms with E-state index in [0.29, 0.717) is 34.8 Å². The number of allylic oxidation sites excluding steroid dienone is 1. The van der Waals surface area contributed by atoms with Gasteiger partial charge in [-0.25, -0.2) is 0 Å². The molecule has 0 spiro atoms. The number of benzene rings is 2. The highest BCUT2D eigenvalue weighted by Crippen LogP contribution is 2.44. The summed E-state index contributed by atoms with van der Waals surface area (Å²) in [5.41, 5.74) is 2.64. The molecule has 37 heavy (non-hydrogen) atoms. The maximum Gasteiger partial charge on any atom is 0.286 e. The average Bonchev–Trinajstić information content (AvgIpc) is 3.56. The van der Waals surface area contributed by atoms with E-state index in [-0.39, 0.29) is 36.4 Å². The summed E-state index contributed by atoms with van der Waals surface area (Å²) in [5, 5.41) is 13.0. The topological polar surface area (TPSA) is 98.0 Å². The van der Waals surface area contributed by atoms with Crippen LogP contribution in [0.1, 0.15) is 54.7 Å². The Morgan fingerprint density at radius 1 is 1.03 bits per heavy atom. The minimum Gasteiger partial charge on any atom is -0.464 e. The van der Waals surface area contributed by atoms with Crippen LogP contribution < -0.4 is 10.7 Å². The molecule has 2 aliphatic carbocycles. The predicted molar refractivity (Wildman–Crippen MR) is 137 cm³/mol. The molecule has 192 valence electrons. The molecule has 2 saturated carbocycles. The fourth-order valence-corrected chi connectivity index (χ4v) is 6.07. The second-order valence-electron chi connectivity index (χ2n) is 10.5. The molecule has 3 aromatic rings. The quantitative estimate of drug-likeness (QED) is 0.494. The largest absolute Gasteiger partial charge is 0.464 e. The van der Waals surface area contributed by atoms with Crippen molar-refractivity contribution in [2.45, 2.75) is 63.6 Å². The van der Waals surface area contributed by atoms with Crippen molar-refractivity contribution in [3.63, 3.8) is 0 Å². The number of fused-ring (bicyclic) bond motifs is 3. The molecule has 6 rings (SSSR count). The third kappa shape index (κ3) is 4.93. The van der Waals surface area contributed by atoms with E-state index in [2.05, 4.69) is 5.32 Å². The van der Waals surface area contributed by atoms with Crippen LogP contribution in [0.15, 0.2) is 75.8 Å². The number of carbonyl (C=O) groups is 1. The molecule has 0 radical (unpaired) electrons. The highest BCUT2D eigenvalue weighted by atomic mass is 16.7. The van der Waals surface area contributed by atoms with Gasteiger partial charge in [-0.2, -0.15) is 0 Å². The van der Waals surface area contributed by atoms with Crippen LogP contribution in [0, 0.1) is 11.8 Å². The molecule has 2 bridgehead atoms. The van der Waals surface area contributed by atoms with Gasteiger partial charge in [0.25, 0.3) is 5.91 Å². The van der Waals surface area contributed by atoms with Crippen molar-refractivity contribution in [1.82, 2.24) is 5.32 Å². The monoisotopic (exact) mass is 501 g/mol. The van der Waals surface area contributed by atoms with Crippen LogP contribution in [0.25, 0.3) is 11.0 Å². The molecular formula is C30H31NO6. The summed E-state index contributed by atoms with van der Waals surface area (Å²) in [5.74, 6) is 0.785. The van der Waals surface area contributed by atoms with Crippen molar-refractivity contribution in [3.05, 3.63) is 93.5 Å². The smallest absolute Gasteiger partial charge is 0.286 e. The molecule has 0 saturated heterocycles. The second-order valence-corrected chi connectivity index (χ2v) is 10.5. The summed E-state index contributed by atoms with van der Waals surface area (Å²) in [7, 11) is 0. The summed E-state index contributed by atoms with van der Waals surface area (Å²) in [6.45, 7) is 0.255. The molecule has 1 aromatic heterocycles. The Bertz CT molecular complexity index is 1380. The van der Waals surface area contributed by atoms with Crippen LogP contribution in [0.4, 0.5) is 0 Å². The van der Waals surface area contributed by atoms with Gasteiger partial charge in [-0.05, 0) is 60.4 Å². The molecule has 7 heteroatoms. The Morgan fingerprint density at radius 2 is 1.84 bits per heavy atom. The first-order chi connectivity index (χ1) is 18.1. The fraction of sp³-hybridized carbons (Fsp3) is 0.400. The molecule has 2 aromatic carbocycles. The lowest BCUT2D eigenvalue weighted by Crippen LogP contribution is -2.41. The number of rotatable bonds is 7. The third-order valence-electron chi connectivity index (χ3n) is 8.08. The van der Waals surface area contributed by atoms with E-state index in [1.54, 1.807) is 18.2 Å². The van der Waals surface area contributed by atoms with Crippen molar-refractivity contribution in [1.29, 1.82) is 0 Å². The van der Waals surface area contributed by atoms with Crippen LogP contribution in [-0.2, 0) is 27.5 Å². The Morgan fingerprint density at radius 3 is 2.59 bits per heavy atom. The van der Waals surface area contributed by atoms with Crippen molar-refractivity contribution >= 4 is 16.9 Å². The van der Waals surface area contributed by atoms with Gasteiger partial charge in [-0.3, -0.25) is 9.59 Å². The average molecular weight is 502 g/mol. The molecule has 3 unspecified atom stereocenters. The summed E-state index contributed by atoms with van der Waals surface area (Å²) in [4.78, 5) is 26.6. The Kier molecular flexibility index (Phi) is 6.57. The first kappa shape index (κ1) is 23.9. The Balaban J connectivity index is 1.25. The van der Waals surface area contributed by atoms with Gasteiger partial charge in [0, 0.05) is 23.9 Å². The number of carbonyl (C=O) groups excluding carboxylic acids is 1. The zero-order chi connectivity index (χ0) is 25.4. The van der Waals surface area contributed by atoms with Crippen molar-refractivity contribution in [2.24, 2.45) is 11.8 Å². The van der Waals surface area contributed by atoms with Crippen LogP contribution in [0.5, 0.6) is 0 Å². The van der Waals surface area contributed by atoms with Crippen LogP contribution >= 0.6 is 0 Å². The first-order valence-corrected chi connectivity index (χ1v) is 13.1. The number of nitrogens with one attached hydrogen (secondary N) is 1. The van der Waals surface area contributed by atoms with Crippen LogP contribution in [0.3, 0.4) is 0 Å². The van der Waals surface area contributed by atoms with Gasteiger partial charge < -0.3 is 24.3 Å². The maximum atomic E-state index is 13.3. The number of para-hydroxylation sites is 1. The van der Waals surface area contributed by atoms with Gasteiger partial charge in [0.1, 0.15) is 5.58 Å². The SMILES string of the molecule is O=C(NC1CC2CCC1C2)C1=C[C@H](c2coc3ccccc3c2=O)C[C@H](OCc2ccc(CO)cc2)O1. The van der Waals surface area contributed by atoms with Crippen molar-refractivity contribution < 1.29 is 23.8 Å². The van der Waals surface area contributed by atoms with Gasteiger partial charge in [0.05, 0.1) is 24.9 Å². The van der Waals surface area contributed by atoms with E-state index in [0.717, 1.165) is 24.0 Å². The molecule has 7 nitrogen and oxygen atoms in total. The number of amides is 1. The van der Waals surface area contributed by atoms with E-state index < -0.39 is 12.2 Å². The molecule has 2 heterocycles. The highest BCUT2D eigenvalue weighted by Gasteiger charge is 2.41. The van der Waals surface area contributed by atoms with Gasteiger partial charge in [-0.1, -0.05) is 42.8 Å². The zero-order valence-electron chi connectivity index (χ0n) is 20.6. The highest BCUT2D eigenvalue weighted by molar-refractivity contribution is 5.92. The predicted octanol–water partition coefficient (Wildman–Crippen LogP) is 4.52. The van der Waals surface area contributed by atoms with Crippen molar-refractivity contribution in [3.8, 4) is 0 Å². The zero-order valence-corrected chi connectivity index (χ0v) is 20.6. The normalized spacial score (nSPS) is 26.6. The summed E-state index contributed by atoms with van der Waals surface area (Å²) < 4.78 is 17.9. The van der Waals surface area contributed by atoms with E-state index in [9.17, 15) is 14.7 Å². The summed E-state index contributed by atoms with van der Waals surface area (Å²) >= 11 is 0. The lowest BCUT2D eigenvalue weighted by Gasteiger charge is -2.30. The van der Waals surface area contributed by atoms with E-state index >= 15 is 0 Å². The molecule has 2 fully saturated rings. The minimum atomic E-state index is -0.709. The molecule has 3 aliphatic rings.